The van der Waals surface area contributed by atoms with Gasteiger partial charge in [0, 0.05) is 25.3 Å². The summed E-state index contributed by atoms with van der Waals surface area (Å²) in [7, 11) is 0. The van der Waals surface area contributed by atoms with E-state index in [1.165, 1.54) is 17.0 Å². The van der Waals surface area contributed by atoms with E-state index < -0.39 is 16.6 Å². The lowest BCUT2D eigenvalue weighted by Crippen LogP contribution is -2.32. The fourth-order valence-electron chi connectivity index (χ4n) is 1.92. The molecule has 0 saturated heterocycles. The third-order valence-electron chi connectivity index (χ3n) is 2.83. The van der Waals surface area contributed by atoms with Crippen molar-refractivity contribution >= 4 is 23.1 Å². The number of nitrogens with zero attached hydrogens (tertiary/aromatic N) is 2. The zero-order chi connectivity index (χ0) is 14.0. The SMILES string of the molecule is CCOCCN1C(=O)C(=O)c2cc([N+](=O)[O-])ccc21. The molecule has 1 aliphatic rings. The number of fused-ring (bicyclic) bond motifs is 1. The highest BCUT2D eigenvalue weighted by Crippen LogP contribution is 2.31. The summed E-state index contributed by atoms with van der Waals surface area (Å²) in [4.78, 5) is 34.9. The zero-order valence-corrected chi connectivity index (χ0v) is 10.3. The first-order chi connectivity index (χ1) is 9.06. The number of carbonyl (C=O) groups is 2. The van der Waals surface area contributed by atoms with Crippen LogP contribution in [0.15, 0.2) is 18.2 Å². The quantitative estimate of drug-likeness (QED) is 0.344. The summed E-state index contributed by atoms with van der Waals surface area (Å²) in [6, 6.07) is 3.83. The molecule has 0 spiro atoms. The first-order valence-corrected chi connectivity index (χ1v) is 5.78. The van der Waals surface area contributed by atoms with E-state index in [1.54, 1.807) is 0 Å². The maximum Gasteiger partial charge on any atom is 0.299 e. The van der Waals surface area contributed by atoms with Crippen LogP contribution in [0.1, 0.15) is 17.3 Å². The average molecular weight is 264 g/mol. The van der Waals surface area contributed by atoms with Crippen molar-refractivity contribution < 1.29 is 19.2 Å². The molecule has 1 heterocycles. The number of amides is 1. The number of carbonyl (C=O) groups excluding carboxylic acids is 2. The Morgan fingerprint density at radius 2 is 2.11 bits per heavy atom. The minimum Gasteiger partial charge on any atom is -0.380 e. The number of Topliss-reactive ketones (excluding diaryl/α,β-unsaturated/α-hetero) is 1. The predicted octanol–water partition coefficient (Wildman–Crippen LogP) is 1.16. The highest BCUT2D eigenvalue weighted by atomic mass is 16.6. The largest absolute Gasteiger partial charge is 0.380 e. The van der Waals surface area contributed by atoms with Gasteiger partial charge >= 0.3 is 0 Å². The lowest BCUT2D eigenvalue weighted by molar-refractivity contribution is -0.384. The Hall–Kier alpha value is -2.28. The van der Waals surface area contributed by atoms with Crippen LogP contribution in [0, 0.1) is 10.1 Å². The van der Waals surface area contributed by atoms with Gasteiger partial charge in [0.1, 0.15) is 0 Å². The summed E-state index contributed by atoms with van der Waals surface area (Å²) in [6.07, 6.45) is 0. The third-order valence-corrected chi connectivity index (χ3v) is 2.83. The number of non-ortho nitro benzene ring substituents is 1. The summed E-state index contributed by atoms with van der Waals surface area (Å²) in [5.74, 6) is -1.38. The number of rotatable bonds is 5. The van der Waals surface area contributed by atoms with E-state index in [-0.39, 0.29) is 17.8 Å². The van der Waals surface area contributed by atoms with E-state index in [0.717, 1.165) is 6.07 Å². The number of hydrogen-bond donors (Lipinski definition) is 0. The number of nitro benzene ring substituents is 1. The van der Waals surface area contributed by atoms with Gasteiger partial charge in [-0.15, -0.1) is 0 Å². The summed E-state index contributed by atoms with van der Waals surface area (Å²) < 4.78 is 5.14. The van der Waals surface area contributed by atoms with Crippen LogP contribution in [0.25, 0.3) is 0 Å². The van der Waals surface area contributed by atoms with E-state index >= 15 is 0 Å². The van der Waals surface area contributed by atoms with Crippen molar-refractivity contribution in [1.29, 1.82) is 0 Å². The van der Waals surface area contributed by atoms with Gasteiger partial charge in [-0.3, -0.25) is 19.7 Å². The summed E-state index contributed by atoms with van der Waals surface area (Å²) in [5.41, 5.74) is 0.280. The number of ether oxygens (including phenoxy) is 1. The van der Waals surface area contributed by atoms with Crippen molar-refractivity contribution in [2.75, 3.05) is 24.7 Å². The van der Waals surface area contributed by atoms with E-state index in [9.17, 15) is 19.7 Å². The third kappa shape index (κ3) is 2.32. The first kappa shape index (κ1) is 13.2. The Balaban J connectivity index is 2.30. The molecule has 7 nitrogen and oxygen atoms in total. The van der Waals surface area contributed by atoms with Crippen LogP contribution in [-0.4, -0.2) is 36.4 Å². The van der Waals surface area contributed by atoms with Crippen molar-refractivity contribution in [2.45, 2.75) is 6.92 Å². The predicted molar refractivity (Wildman–Crippen MR) is 66.3 cm³/mol. The van der Waals surface area contributed by atoms with E-state index in [2.05, 4.69) is 0 Å². The Kier molecular flexibility index (Phi) is 3.57. The number of benzene rings is 1. The van der Waals surface area contributed by atoms with Gasteiger partial charge in [0.15, 0.2) is 0 Å². The highest BCUT2D eigenvalue weighted by molar-refractivity contribution is 6.52. The highest BCUT2D eigenvalue weighted by Gasteiger charge is 2.36. The summed E-state index contributed by atoms with van der Waals surface area (Å²) >= 11 is 0. The van der Waals surface area contributed by atoms with E-state index in [0.29, 0.717) is 18.9 Å². The number of hydrogen-bond acceptors (Lipinski definition) is 5. The Morgan fingerprint density at radius 3 is 2.74 bits per heavy atom. The Bertz CT molecular complexity index is 555. The first-order valence-electron chi connectivity index (χ1n) is 5.78. The lowest BCUT2D eigenvalue weighted by Gasteiger charge is -2.15. The number of ketones is 1. The van der Waals surface area contributed by atoms with Crippen LogP contribution in [0.5, 0.6) is 0 Å². The molecule has 0 atom stereocenters. The molecule has 0 fully saturated rings. The zero-order valence-electron chi connectivity index (χ0n) is 10.3. The molecule has 0 aliphatic carbocycles. The topological polar surface area (TPSA) is 89.8 Å². The van der Waals surface area contributed by atoms with Crippen LogP contribution in [0.2, 0.25) is 0 Å². The molecule has 1 aromatic rings. The number of nitro groups is 1. The standard InChI is InChI=1S/C12H12N2O5/c1-2-19-6-5-13-10-4-3-8(14(17)18)7-9(10)11(15)12(13)16/h3-4,7H,2,5-6H2,1H3. The minimum absolute atomic E-state index is 0.0794. The molecule has 0 bridgehead atoms. The molecular weight excluding hydrogens is 252 g/mol. The fraction of sp³-hybridized carbons (Fsp3) is 0.333. The maximum absolute atomic E-state index is 11.8. The lowest BCUT2D eigenvalue weighted by atomic mass is 10.1. The van der Waals surface area contributed by atoms with Crippen molar-refractivity contribution in [3.63, 3.8) is 0 Å². The normalized spacial score (nSPS) is 13.8. The van der Waals surface area contributed by atoms with Crippen LogP contribution in [0.3, 0.4) is 0 Å². The second-order valence-corrected chi connectivity index (χ2v) is 3.94. The van der Waals surface area contributed by atoms with Crippen molar-refractivity contribution in [3.05, 3.63) is 33.9 Å². The molecule has 1 amide bonds. The molecule has 0 N–H and O–H groups in total. The molecule has 0 unspecified atom stereocenters. The van der Waals surface area contributed by atoms with Gasteiger partial charge in [-0.25, -0.2) is 0 Å². The van der Waals surface area contributed by atoms with Crippen molar-refractivity contribution in [2.24, 2.45) is 0 Å². The van der Waals surface area contributed by atoms with Gasteiger partial charge in [-0.05, 0) is 13.0 Å². The molecule has 7 heteroatoms. The van der Waals surface area contributed by atoms with Gasteiger partial charge in [0.25, 0.3) is 17.4 Å². The van der Waals surface area contributed by atoms with Crippen LogP contribution in [0.4, 0.5) is 11.4 Å². The monoisotopic (exact) mass is 264 g/mol. The molecular formula is C12H12N2O5. The Labute approximate surface area is 108 Å². The maximum atomic E-state index is 11.8. The van der Waals surface area contributed by atoms with Gasteiger partial charge in [-0.2, -0.15) is 0 Å². The smallest absolute Gasteiger partial charge is 0.299 e. The van der Waals surface area contributed by atoms with Crippen molar-refractivity contribution in [1.82, 2.24) is 0 Å². The molecule has 1 aliphatic heterocycles. The molecule has 0 radical (unpaired) electrons. The fourth-order valence-corrected chi connectivity index (χ4v) is 1.92. The van der Waals surface area contributed by atoms with Gasteiger partial charge in [-0.1, -0.05) is 0 Å². The van der Waals surface area contributed by atoms with E-state index in [1.807, 2.05) is 6.92 Å². The molecule has 0 aromatic heterocycles. The van der Waals surface area contributed by atoms with Crippen LogP contribution in [-0.2, 0) is 9.53 Å². The van der Waals surface area contributed by atoms with Crippen molar-refractivity contribution in [3.8, 4) is 0 Å². The Morgan fingerprint density at radius 1 is 1.37 bits per heavy atom. The summed E-state index contributed by atoms with van der Waals surface area (Å²) in [6.45, 7) is 2.91. The number of anilines is 1. The molecule has 0 saturated carbocycles. The van der Waals surface area contributed by atoms with Gasteiger partial charge < -0.3 is 9.64 Å². The molecule has 19 heavy (non-hydrogen) atoms. The van der Waals surface area contributed by atoms with Gasteiger partial charge in [0.05, 0.1) is 22.8 Å². The summed E-state index contributed by atoms with van der Waals surface area (Å²) in [5, 5.41) is 10.7. The van der Waals surface area contributed by atoms with Crippen LogP contribution >= 0.6 is 0 Å². The van der Waals surface area contributed by atoms with Crippen LogP contribution < -0.4 is 4.90 Å². The van der Waals surface area contributed by atoms with Gasteiger partial charge in [0.2, 0.25) is 0 Å². The molecule has 1 aromatic carbocycles. The minimum atomic E-state index is -0.713. The average Bonchev–Trinajstić information content (AvgIpc) is 2.63. The molecule has 2 rings (SSSR count). The second kappa shape index (κ2) is 5.15. The second-order valence-electron chi connectivity index (χ2n) is 3.94. The van der Waals surface area contributed by atoms with E-state index in [4.69, 9.17) is 4.74 Å². The molecule has 100 valence electrons.